The third-order valence-electron chi connectivity index (χ3n) is 2.86. The normalized spacial score (nSPS) is 12.4. The number of nitrogens with zero attached hydrogens (tertiary/aromatic N) is 1. The lowest BCUT2D eigenvalue weighted by atomic mass is 10.1. The summed E-state index contributed by atoms with van der Waals surface area (Å²) < 4.78 is 19.3. The van der Waals surface area contributed by atoms with Crippen LogP contribution >= 0.6 is 0 Å². The average molecular weight is 263 g/mol. The average Bonchev–Trinajstić information content (AvgIpc) is 2.78. The second-order valence-corrected chi connectivity index (χ2v) is 4.46. The molecule has 0 bridgehead atoms. The van der Waals surface area contributed by atoms with Gasteiger partial charge >= 0.3 is 0 Å². The lowest BCUT2D eigenvalue weighted by Crippen LogP contribution is -2.17. The predicted octanol–water partition coefficient (Wildman–Crippen LogP) is 3.32. The molecule has 0 radical (unpaired) electrons. The number of nitrogens with one attached hydrogen (secondary N) is 2. The highest BCUT2D eigenvalue weighted by Gasteiger charge is 2.11. The molecule has 19 heavy (non-hydrogen) atoms. The highest BCUT2D eigenvalue weighted by molar-refractivity contribution is 5.33. The number of benzene rings is 1. The van der Waals surface area contributed by atoms with E-state index >= 15 is 0 Å². The number of hydrogen-bond donors (Lipinski definition) is 2. The van der Waals surface area contributed by atoms with Gasteiger partial charge in [-0.25, -0.2) is 4.39 Å². The first-order chi connectivity index (χ1) is 9.10. The van der Waals surface area contributed by atoms with E-state index in [0.717, 1.165) is 17.8 Å². The van der Waals surface area contributed by atoms with Crippen molar-refractivity contribution in [2.75, 3.05) is 6.54 Å². The smallest absolute Gasteiger partial charge is 0.238 e. The van der Waals surface area contributed by atoms with Gasteiger partial charge in [0.2, 0.25) is 5.88 Å². The summed E-state index contributed by atoms with van der Waals surface area (Å²) in [4.78, 5) is 0. The lowest BCUT2D eigenvalue weighted by molar-refractivity contribution is 0.425. The number of H-pyrrole nitrogens is 1. The van der Waals surface area contributed by atoms with Crippen molar-refractivity contribution in [3.63, 3.8) is 0 Å². The Morgan fingerprint density at radius 1 is 1.42 bits per heavy atom. The largest absolute Gasteiger partial charge is 0.434 e. The molecule has 1 atom stereocenters. The minimum absolute atomic E-state index is 0.112. The fourth-order valence-electron chi connectivity index (χ4n) is 1.85. The number of rotatable bonds is 5. The van der Waals surface area contributed by atoms with Gasteiger partial charge in [-0.2, -0.15) is 0 Å². The number of aromatic amines is 1. The van der Waals surface area contributed by atoms with Crippen LogP contribution in [0.1, 0.15) is 31.1 Å². The SMILES string of the molecule is CCNC(C)c1ccc(Oc2cc(C)[nH]n2)c(F)c1. The molecular weight excluding hydrogens is 245 g/mol. The topological polar surface area (TPSA) is 49.9 Å². The lowest BCUT2D eigenvalue weighted by Gasteiger charge is -2.13. The number of aromatic nitrogens is 2. The standard InChI is InChI=1S/C14H18FN3O/c1-4-16-10(3)11-5-6-13(12(15)8-11)19-14-7-9(2)17-18-14/h5-8,10,16H,4H2,1-3H3,(H,17,18). The van der Waals surface area contributed by atoms with Crippen molar-refractivity contribution in [1.82, 2.24) is 15.5 Å². The number of hydrogen-bond acceptors (Lipinski definition) is 3. The van der Waals surface area contributed by atoms with Crippen LogP contribution in [0.3, 0.4) is 0 Å². The van der Waals surface area contributed by atoms with Gasteiger partial charge in [0.1, 0.15) is 0 Å². The second-order valence-electron chi connectivity index (χ2n) is 4.46. The minimum Gasteiger partial charge on any atom is -0.434 e. The van der Waals surface area contributed by atoms with Gasteiger partial charge in [0.05, 0.1) is 0 Å². The van der Waals surface area contributed by atoms with Crippen molar-refractivity contribution >= 4 is 0 Å². The Bertz CT molecular complexity index is 553. The van der Waals surface area contributed by atoms with Gasteiger partial charge in [-0.1, -0.05) is 13.0 Å². The van der Waals surface area contributed by atoms with E-state index < -0.39 is 0 Å². The van der Waals surface area contributed by atoms with Gasteiger partial charge in [0.25, 0.3) is 0 Å². The highest BCUT2D eigenvalue weighted by Crippen LogP contribution is 2.26. The fraction of sp³-hybridized carbons (Fsp3) is 0.357. The van der Waals surface area contributed by atoms with E-state index in [4.69, 9.17) is 4.74 Å². The van der Waals surface area contributed by atoms with Crippen molar-refractivity contribution in [1.29, 1.82) is 0 Å². The molecule has 1 aromatic carbocycles. The van der Waals surface area contributed by atoms with Gasteiger partial charge in [-0.3, -0.25) is 5.10 Å². The Morgan fingerprint density at radius 2 is 2.21 bits per heavy atom. The molecule has 0 amide bonds. The van der Waals surface area contributed by atoms with Crippen molar-refractivity contribution in [3.8, 4) is 11.6 Å². The Labute approximate surface area is 112 Å². The summed E-state index contributed by atoms with van der Waals surface area (Å²) in [6.07, 6.45) is 0. The van der Waals surface area contributed by atoms with Crippen molar-refractivity contribution in [2.45, 2.75) is 26.8 Å². The third-order valence-corrected chi connectivity index (χ3v) is 2.86. The van der Waals surface area contributed by atoms with Crippen molar-refractivity contribution < 1.29 is 9.13 Å². The molecule has 1 heterocycles. The zero-order valence-corrected chi connectivity index (χ0v) is 11.3. The molecule has 5 heteroatoms. The first-order valence-electron chi connectivity index (χ1n) is 6.33. The van der Waals surface area contributed by atoms with E-state index in [1.807, 2.05) is 26.8 Å². The monoisotopic (exact) mass is 263 g/mol. The predicted molar refractivity (Wildman–Crippen MR) is 71.9 cm³/mol. The van der Waals surface area contributed by atoms with Crippen molar-refractivity contribution in [2.24, 2.45) is 0 Å². The molecule has 0 saturated carbocycles. The molecule has 2 rings (SSSR count). The zero-order valence-electron chi connectivity index (χ0n) is 11.3. The maximum absolute atomic E-state index is 14.0. The van der Waals surface area contributed by atoms with Crippen LogP contribution in [0.15, 0.2) is 24.3 Å². The summed E-state index contributed by atoms with van der Waals surface area (Å²) in [5.74, 6) is 0.158. The van der Waals surface area contributed by atoms with E-state index in [9.17, 15) is 4.39 Å². The maximum atomic E-state index is 14.0. The molecule has 0 saturated heterocycles. The second kappa shape index (κ2) is 5.84. The third kappa shape index (κ3) is 3.32. The van der Waals surface area contributed by atoms with Crippen LogP contribution in [-0.4, -0.2) is 16.7 Å². The van der Waals surface area contributed by atoms with Crippen LogP contribution in [0.25, 0.3) is 0 Å². The molecule has 102 valence electrons. The molecule has 2 aromatic rings. The molecule has 1 unspecified atom stereocenters. The van der Waals surface area contributed by atoms with Gasteiger partial charge in [0.15, 0.2) is 11.6 Å². The molecule has 0 spiro atoms. The summed E-state index contributed by atoms with van der Waals surface area (Å²) in [5, 5.41) is 9.90. The summed E-state index contributed by atoms with van der Waals surface area (Å²) >= 11 is 0. The molecule has 1 aromatic heterocycles. The Morgan fingerprint density at radius 3 is 2.79 bits per heavy atom. The Balaban J connectivity index is 2.15. The van der Waals surface area contributed by atoms with E-state index in [1.54, 1.807) is 12.1 Å². The van der Waals surface area contributed by atoms with E-state index in [-0.39, 0.29) is 17.6 Å². The minimum atomic E-state index is -0.386. The highest BCUT2D eigenvalue weighted by atomic mass is 19.1. The molecule has 0 aliphatic heterocycles. The van der Waals surface area contributed by atoms with Crippen LogP contribution < -0.4 is 10.1 Å². The molecule has 2 N–H and O–H groups in total. The fourth-order valence-corrected chi connectivity index (χ4v) is 1.85. The van der Waals surface area contributed by atoms with Crippen LogP contribution in [0, 0.1) is 12.7 Å². The Hall–Kier alpha value is -1.88. The van der Waals surface area contributed by atoms with E-state index in [1.165, 1.54) is 6.07 Å². The van der Waals surface area contributed by atoms with Crippen molar-refractivity contribution in [3.05, 3.63) is 41.3 Å². The summed E-state index contributed by atoms with van der Waals surface area (Å²) in [5.41, 5.74) is 1.76. The quantitative estimate of drug-likeness (QED) is 0.870. The number of ether oxygens (including phenoxy) is 1. The molecular formula is C14H18FN3O. The first-order valence-corrected chi connectivity index (χ1v) is 6.33. The van der Waals surface area contributed by atoms with Gasteiger partial charge < -0.3 is 10.1 Å². The summed E-state index contributed by atoms with van der Waals surface area (Å²) in [6.45, 7) is 6.71. The Kier molecular flexibility index (Phi) is 4.16. The number of aryl methyl sites for hydroxylation is 1. The molecule has 0 aliphatic rings. The van der Waals surface area contributed by atoms with Gasteiger partial charge in [-0.15, -0.1) is 5.10 Å². The number of halogens is 1. The van der Waals surface area contributed by atoms with Crippen LogP contribution in [0.5, 0.6) is 11.6 Å². The molecule has 0 fully saturated rings. The van der Waals surface area contributed by atoms with E-state index in [0.29, 0.717) is 5.88 Å². The summed E-state index contributed by atoms with van der Waals surface area (Å²) in [6, 6.07) is 6.80. The van der Waals surface area contributed by atoms with Crippen LogP contribution in [0.2, 0.25) is 0 Å². The van der Waals surface area contributed by atoms with Crippen LogP contribution in [-0.2, 0) is 0 Å². The maximum Gasteiger partial charge on any atom is 0.238 e. The van der Waals surface area contributed by atoms with Gasteiger partial charge in [-0.05, 0) is 38.1 Å². The van der Waals surface area contributed by atoms with E-state index in [2.05, 4.69) is 15.5 Å². The molecule has 0 aliphatic carbocycles. The zero-order chi connectivity index (χ0) is 13.8. The molecule has 4 nitrogen and oxygen atoms in total. The van der Waals surface area contributed by atoms with Gasteiger partial charge in [0, 0.05) is 17.8 Å². The van der Waals surface area contributed by atoms with Crippen LogP contribution in [0.4, 0.5) is 4.39 Å². The summed E-state index contributed by atoms with van der Waals surface area (Å²) in [7, 11) is 0. The first kappa shape index (κ1) is 13.5.